The maximum absolute atomic E-state index is 12.5. The third-order valence-corrected chi connectivity index (χ3v) is 5.22. The lowest BCUT2D eigenvalue weighted by molar-refractivity contribution is 0.601. The predicted octanol–water partition coefficient (Wildman–Crippen LogP) is 3.29. The lowest BCUT2D eigenvalue weighted by Gasteiger charge is -2.12. The second kappa shape index (κ2) is 6.27. The molecular formula is C12H11BrIN3O2S. The molecule has 0 amide bonds. The molecule has 0 fully saturated rings. The lowest BCUT2D eigenvalue weighted by atomic mass is 10.3. The number of para-hydroxylation sites is 1. The summed E-state index contributed by atoms with van der Waals surface area (Å²) in [5.74, 6) is 0.298. The zero-order valence-electron chi connectivity index (χ0n) is 10.4. The average molecular weight is 468 g/mol. The van der Waals surface area contributed by atoms with Crippen molar-refractivity contribution < 1.29 is 8.42 Å². The molecule has 106 valence electrons. The molecule has 8 heteroatoms. The van der Waals surface area contributed by atoms with Gasteiger partial charge in [-0.25, -0.2) is 13.4 Å². The Bertz CT molecular complexity index is 737. The first kappa shape index (κ1) is 15.5. The summed E-state index contributed by atoms with van der Waals surface area (Å²) in [6, 6.07) is 8.68. The molecule has 0 aliphatic rings. The van der Waals surface area contributed by atoms with E-state index in [1.54, 1.807) is 19.2 Å². The fraction of sp³-hybridized carbons (Fsp3) is 0.0833. The second-order valence-electron chi connectivity index (χ2n) is 3.84. The summed E-state index contributed by atoms with van der Waals surface area (Å²) in [7, 11) is -2.08. The molecule has 1 aromatic carbocycles. The van der Waals surface area contributed by atoms with Crippen LogP contribution in [0.4, 0.5) is 11.5 Å². The van der Waals surface area contributed by atoms with Crippen LogP contribution in [0.15, 0.2) is 45.9 Å². The number of halogens is 2. The summed E-state index contributed by atoms with van der Waals surface area (Å²) < 4.78 is 28.9. The Hall–Kier alpha value is -0.870. The van der Waals surface area contributed by atoms with Gasteiger partial charge >= 0.3 is 0 Å². The van der Waals surface area contributed by atoms with Crippen LogP contribution in [0, 0.1) is 3.57 Å². The molecule has 20 heavy (non-hydrogen) atoms. The van der Waals surface area contributed by atoms with E-state index in [1.165, 1.54) is 12.3 Å². The number of pyridine rings is 1. The van der Waals surface area contributed by atoms with Crippen LogP contribution >= 0.6 is 38.5 Å². The zero-order chi connectivity index (χ0) is 14.8. The third-order valence-electron chi connectivity index (χ3n) is 2.46. The molecule has 0 atom stereocenters. The Morgan fingerprint density at radius 1 is 1.30 bits per heavy atom. The number of hydrogen-bond donors (Lipinski definition) is 2. The van der Waals surface area contributed by atoms with Crippen molar-refractivity contribution >= 4 is 60.0 Å². The van der Waals surface area contributed by atoms with Crippen molar-refractivity contribution in [2.24, 2.45) is 0 Å². The van der Waals surface area contributed by atoms with Crippen molar-refractivity contribution in [1.29, 1.82) is 0 Å². The molecule has 2 aromatic rings. The van der Waals surface area contributed by atoms with Gasteiger partial charge in [0, 0.05) is 21.3 Å². The molecule has 0 radical (unpaired) electrons. The maximum Gasteiger partial charge on any atom is 0.265 e. The van der Waals surface area contributed by atoms with Gasteiger partial charge in [0.05, 0.1) is 5.69 Å². The number of nitrogens with zero attached hydrogens (tertiary/aromatic N) is 1. The third kappa shape index (κ3) is 3.41. The average Bonchev–Trinajstić information content (AvgIpc) is 2.41. The molecule has 0 saturated heterocycles. The highest BCUT2D eigenvalue weighted by molar-refractivity contribution is 14.1. The van der Waals surface area contributed by atoms with Crippen molar-refractivity contribution in [3.8, 4) is 0 Å². The predicted molar refractivity (Wildman–Crippen MR) is 91.5 cm³/mol. The SMILES string of the molecule is CNc1ncc(Br)cc1S(=O)(=O)Nc1ccccc1I. The zero-order valence-corrected chi connectivity index (χ0v) is 15.0. The summed E-state index contributed by atoms with van der Waals surface area (Å²) in [4.78, 5) is 4.14. The van der Waals surface area contributed by atoms with Gasteiger partial charge in [-0.2, -0.15) is 0 Å². The molecule has 2 N–H and O–H groups in total. The molecule has 0 aliphatic carbocycles. The van der Waals surface area contributed by atoms with Crippen LogP contribution < -0.4 is 10.0 Å². The van der Waals surface area contributed by atoms with E-state index in [0.717, 1.165) is 3.57 Å². The van der Waals surface area contributed by atoms with Crippen molar-refractivity contribution in [2.75, 3.05) is 17.1 Å². The lowest BCUT2D eigenvalue weighted by Crippen LogP contribution is -2.16. The molecule has 2 rings (SSSR count). The molecule has 0 unspecified atom stereocenters. The van der Waals surface area contributed by atoms with Gasteiger partial charge in [0.1, 0.15) is 10.7 Å². The first-order valence-corrected chi connectivity index (χ1v) is 8.90. The Kier molecular flexibility index (Phi) is 4.86. The van der Waals surface area contributed by atoms with Gasteiger partial charge in [-0.3, -0.25) is 4.72 Å². The van der Waals surface area contributed by atoms with Gasteiger partial charge in [-0.15, -0.1) is 0 Å². The van der Waals surface area contributed by atoms with Crippen molar-refractivity contribution in [3.63, 3.8) is 0 Å². The van der Waals surface area contributed by atoms with Gasteiger partial charge in [0.25, 0.3) is 10.0 Å². The fourth-order valence-corrected chi connectivity index (χ4v) is 4.01. The van der Waals surface area contributed by atoms with E-state index >= 15 is 0 Å². The summed E-state index contributed by atoms with van der Waals surface area (Å²) in [6.45, 7) is 0. The smallest absolute Gasteiger partial charge is 0.265 e. The van der Waals surface area contributed by atoms with Crippen LogP contribution in [-0.2, 0) is 10.0 Å². The van der Waals surface area contributed by atoms with E-state index in [9.17, 15) is 8.42 Å². The quantitative estimate of drug-likeness (QED) is 0.677. The van der Waals surface area contributed by atoms with Crippen molar-refractivity contribution in [3.05, 3.63) is 44.6 Å². The molecule has 0 saturated carbocycles. The van der Waals surface area contributed by atoms with Crippen LogP contribution in [0.2, 0.25) is 0 Å². The van der Waals surface area contributed by atoms with Crippen molar-refractivity contribution in [2.45, 2.75) is 4.90 Å². The molecule has 1 heterocycles. The number of benzene rings is 1. The van der Waals surface area contributed by atoms with Gasteiger partial charge in [0.15, 0.2) is 0 Å². The molecule has 0 aliphatic heterocycles. The summed E-state index contributed by atoms with van der Waals surface area (Å²) in [6.07, 6.45) is 1.54. The number of hydrogen-bond acceptors (Lipinski definition) is 4. The second-order valence-corrected chi connectivity index (χ2v) is 7.56. The van der Waals surface area contributed by atoms with E-state index in [1.807, 2.05) is 12.1 Å². The summed E-state index contributed by atoms with van der Waals surface area (Å²) in [5, 5.41) is 2.78. The van der Waals surface area contributed by atoms with E-state index < -0.39 is 10.0 Å². The molecule has 5 nitrogen and oxygen atoms in total. The number of aromatic nitrogens is 1. The van der Waals surface area contributed by atoms with Gasteiger partial charge in [0.2, 0.25) is 0 Å². The van der Waals surface area contributed by atoms with Crippen LogP contribution in [0.5, 0.6) is 0 Å². The highest BCUT2D eigenvalue weighted by atomic mass is 127. The summed E-state index contributed by atoms with van der Waals surface area (Å²) in [5.41, 5.74) is 0.537. The van der Waals surface area contributed by atoms with Gasteiger partial charge in [-0.05, 0) is 56.7 Å². The Morgan fingerprint density at radius 3 is 2.65 bits per heavy atom. The van der Waals surface area contributed by atoms with E-state index in [0.29, 0.717) is 16.0 Å². The van der Waals surface area contributed by atoms with E-state index in [-0.39, 0.29) is 4.90 Å². The molecule has 1 aromatic heterocycles. The normalized spacial score (nSPS) is 11.2. The summed E-state index contributed by atoms with van der Waals surface area (Å²) >= 11 is 5.31. The Morgan fingerprint density at radius 2 is 2.00 bits per heavy atom. The Labute approximate surface area is 139 Å². The monoisotopic (exact) mass is 467 g/mol. The number of nitrogens with one attached hydrogen (secondary N) is 2. The van der Waals surface area contributed by atoms with Crippen LogP contribution in [0.25, 0.3) is 0 Å². The van der Waals surface area contributed by atoms with Crippen molar-refractivity contribution in [1.82, 2.24) is 4.98 Å². The molecular weight excluding hydrogens is 457 g/mol. The number of sulfonamides is 1. The topological polar surface area (TPSA) is 71.1 Å². The Balaban J connectivity index is 2.46. The van der Waals surface area contributed by atoms with Crippen LogP contribution in [0.3, 0.4) is 0 Å². The number of rotatable bonds is 4. The van der Waals surface area contributed by atoms with Gasteiger partial charge < -0.3 is 5.32 Å². The first-order valence-electron chi connectivity index (χ1n) is 5.54. The highest BCUT2D eigenvalue weighted by Crippen LogP contribution is 2.26. The van der Waals surface area contributed by atoms with Gasteiger partial charge in [-0.1, -0.05) is 12.1 Å². The maximum atomic E-state index is 12.5. The minimum absolute atomic E-state index is 0.0917. The highest BCUT2D eigenvalue weighted by Gasteiger charge is 2.20. The van der Waals surface area contributed by atoms with E-state index in [4.69, 9.17) is 0 Å². The van der Waals surface area contributed by atoms with E-state index in [2.05, 4.69) is 53.5 Å². The number of anilines is 2. The minimum Gasteiger partial charge on any atom is -0.372 e. The van der Waals surface area contributed by atoms with Crippen LogP contribution in [-0.4, -0.2) is 20.4 Å². The first-order chi connectivity index (χ1) is 9.44. The molecule has 0 bridgehead atoms. The fourth-order valence-electron chi connectivity index (χ4n) is 1.56. The van der Waals surface area contributed by atoms with Crippen LogP contribution in [0.1, 0.15) is 0 Å². The minimum atomic E-state index is -3.71. The largest absolute Gasteiger partial charge is 0.372 e. The standard InChI is InChI=1S/C12H11BrIN3O2S/c1-15-12-11(6-8(13)7-16-12)20(18,19)17-10-5-3-2-4-9(10)14/h2-7,17H,1H3,(H,15,16). The molecule has 0 spiro atoms.